The average molecular weight is 332 g/mol. The number of nitrogens with zero attached hydrogens (tertiary/aromatic N) is 1. The summed E-state index contributed by atoms with van der Waals surface area (Å²) in [5.41, 5.74) is 3.81. The number of urea groups is 1. The molecule has 0 atom stereocenters. The minimum Gasteiger partial charge on any atom is -0.366 e. The number of amides is 2. The number of carbonyl (C=O) groups is 1. The van der Waals surface area contributed by atoms with Crippen LogP contribution in [0.15, 0.2) is 72.9 Å². The smallest absolute Gasteiger partial charge is 0.323 e. The van der Waals surface area contributed by atoms with Crippen molar-refractivity contribution >= 4 is 23.2 Å². The lowest BCUT2D eigenvalue weighted by atomic mass is 10.1. The summed E-state index contributed by atoms with van der Waals surface area (Å²) in [5.74, 6) is 0.760. The molecule has 0 aliphatic heterocycles. The second-order valence-corrected chi connectivity index (χ2v) is 5.72. The summed E-state index contributed by atoms with van der Waals surface area (Å²) in [5, 5.41) is 8.79. The Hall–Kier alpha value is -3.34. The van der Waals surface area contributed by atoms with Gasteiger partial charge in [-0.15, -0.1) is 0 Å². The van der Waals surface area contributed by atoms with Crippen LogP contribution in [-0.4, -0.2) is 11.0 Å². The van der Waals surface area contributed by atoms with Crippen LogP contribution >= 0.6 is 0 Å². The van der Waals surface area contributed by atoms with Crippen molar-refractivity contribution in [2.24, 2.45) is 0 Å². The molecule has 0 fully saturated rings. The van der Waals surface area contributed by atoms with Gasteiger partial charge in [-0.25, -0.2) is 9.78 Å². The maximum Gasteiger partial charge on any atom is 0.323 e. The van der Waals surface area contributed by atoms with E-state index in [0.29, 0.717) is 12.2 Å². The zero-order valence-electron chi connectivity index (χ0n) is 14.0. The SMILES string of the molecule is Cc1cccc(CNc2ccc(NC(=O)Nc3ccccc3)cn2)c1. The fourth-order valence-corrected chi connectivity index (χ4v) is 2.40. The van der Waals surface area contributed by atoms with E-state index in [2.05, 4.69) is 46.1 Å². The van der Waals surface area contributed by atoms with Crippen LogP contribution in [0.25, 0.3) is 0 Å². The van der Waals surface area contributed by atoms with E-state index in [-0.39, 0.29) is 6.03 Å². The van der Waals surface area contributed by atoms with Crippen molar-refractivity contribution in [3.8, 4) is 0 Å². The molecule has 2 aromatic carbocycles. The number of hydrogen-bond acceptors (Lipinski definition) is 3. The number of aryl methyl sites for hydroxylation is 1. The number of para-hydroxylation sites is 1. The third-order valence-corrected chi connectivity index (χ3v) is 3.61. The van der Waals surface area contributed by atoms with Gasteiger partial charge in [0.2, 0.25) is 0 Å². The first-order valence-electron chi connectivity index (χ1n) is 8.07. The number of carbonyl (C=O) groups excluding carboxylic acids is 1. The molecule has 1 heterocycles. The van der Waals surface area contributed by atoms with Crippen LogP contribution in [0.3, 0.4) is 0 Å². The first-order valence-corrected chi connectivity index (χ1v) is 8.07. The first-order chi connectivity index (χ1) is 12.2. The summed E-state index contributed by atoms with van der Waals surface area (Å²) < 4.78 is 0. The predicted octanol–water partition coefficient (Wildman–Crippen LogP) is 4.65. The molecular formula is C20H20N4O. The maximum atomic E-state index is 11.9. The van der Waals surface area contributed by atoms with Crippen LogP contribution < -0.4 is 16.0 Å². The molecule has 0 saturated carbocycles. The molecule has 0 radical (unpaired) electrons. The van der Waals surface area contributed by atoms with Gasteiger partial charge in [0.05, 0.1) is 11.9 Å². The van der Waals surface area contributed by atoms with Gasteiger partial charge in [0.1, 0.15) is 5.82 Å². The predicted molar refractivity (Wildman–Crippen MR) is 102 cm³/mol. The highest BCUT2D eigenvalue weighted by molar-refractivity contribution is 5.99. The summed E-state index contributed by atoms with van der Waals surface area (Å²) in [6.45, 7) is 2.78. The van der Waals surface area contributed by atoms with Crippen LogP contribution in [0.4, 0.5) is 22.0 Å². The Kier molecular flexibility index (Phi) is 5.26. The van der Waals surface area contributed by atoms with Crippen LogP contribution in [0.2, 0.25) is 0 Å². The fraction of sp³-hybridized carbons (Fsp3) is 0.100. The van der Waals surface area contributed by atoms with Crippen LogP contribution in [0.5, 0.6) is 0 Å². The standard InChI is InChI=1S/C20H20N4O/c1-15-6-5-7-16(12-15)13-21-19-11-10-18(14-22-19)24-20(25)23-17-8-3-2-4-9-17/h2-12,14H,13H2,1H3,(H,21,22)(H2,23,24,25). The van der Waals surface area contributed by atoms with Gasteiger partial charge >= 0.3 is 6.03 Å². The van der Waals surface area contributed by atoms with Crippen molar-refractivity contribution in [3.05, 3.63) is 84.1 Å². The van der Waals surface area contributed by atoms with Crippen molar-refractivity contribution in [1.29, 1.82) is 0 Å². The summed E-state index contributed by atoms with van der Waals surface area (Å²) in [4.78, 5) is 16.3. The van der Waals surface area contributed by atoms with E-state index in [9.17, 15) is 4.79 Å². The lowest BCUT2D eigenvalue weighted by Gasteiger charge is -2.09. The second-order valence-electron chi connectivity index (χ2n) is 5.72. The van der Waals surface area contributed by atoms with E-state index in [1.54, 1.807) is 6.20 Å². The second kappa shape index (κ2) is 7.97. The zero-order valence-corrected chi connectivity index (χ0v) is 14.0. The molecule has 0 unspecified atom stereocenters. The molecule has 25 heavy (non-hydrogen) atoms. The maximum absolute atomic E-state index is 11.9. The van der Waals surface area contributed by atoms with Gasteiger partial charge in [-0.2, -0.15) is 0 Å². The highest BCUT2D eigenvalue weighted by atomic mass is 16.2. The summed E-state index contributed by atoms with van der Waals surface area (Å²) in [6, 6.07) is 21.0. The molecule has 5 heteroatoms. The Labute approximate surface area is 147 Å². The number of nitrogens with one attached hydrogen (secondary N) is 3. The topological polar surface area (TPSA) is 66.0 Å². The van der Waals surface area contributed by atoms with Crippen molar-refractivity contribution < 1.29 is 4.79 Å². The third-order valence-electron chi connectivity index (χ3n) is 3.61. The normalized spacial score (nSPS) is 10.1. The molecule has 3 aromatic rings. The molecule has 2 amide bonds. The fourth-order valence-electron chi connectivity index (χ4n) is 2.40. The van der Waals surface area contributed by atoms with Crippen LogP contribution in [-0.2, 0) is 6.54 Å². The Bertz CT molecular complexity index is 832. The number of rotatable bonds is 5. The molecule has 0 bridgehead atoms. The zero-order chi connectivity index (χ0) is 17.5. The minimum atomic E-state index is -0.298. The Balaban J connectivity index is 1.52. The highest BCUT2D eigenvalue weighted by Crippen LogP contribution is 2.13. The van der Waals surface area contributed by atoms with E-state index < -0.39 is 0 Å². The number of hydrogen-bond donors (Lipinski definition) is 3. The number of anilines is 3. The molecule has 3 N–H and O–H groups in total. The molecular weight excluding hydrogens is 312 g/mol. The summed E-state index contributed by atoms with van der Waals surface area (Å²) in [6.07, 6.45) is 1.63. The third kappa shape index (κ3) is 5.07. The lowest BCUT2D eigenvalue weighted by Crippen LogP contribution is -2.19. The van der Waals surface area contributed by atoms with Gasteiger partial charge < -0.3 is 16.0 Å². The van der Waals surface area contributed by atoms with E-state index in [1.165, 1.54) is 11.1 Å². The Morgan fingerprint density at radius 3 is 2.44 bits per heavy atom. The minimum absolute atomic E-state index is 0.298. The van der Waals surface area contributed by atoms with Gasteiger partial charge in [0.25, 0.3) is 0 Å². The van der Waals surface area contributed by atoms with E-state index >= 15 is 0 Å². The van der Waals surface area contributed by atoms with E-state index in [0.717, 1.165) is 11.5 Å². The van der Waals surface area contributed by atoms with Crippen LogP contribution in [0, 0.1) is 6.92 Å². The monoisotopic (exact) mass is 332 g/mol. The van der Waals surface area contributed by atoms with Gasteiger partial charge in [0, 0.05) is 12.2 Å². The highest BCUT2D eigenvalue weighted by Gasteiger charge is 2.03. The van der Waals surface area contributed by atoms with Crippen molar-refractivity contribution in [2.75, 3.05) is 16.0 Å². The molecule has 0 aliphatic rings. The molecule has 0 saturated heterocycles. The Morgan fingerprint density at radius 1 is 0.920 bits per heavy atom. The molecule has 1 aromatic heterocycles. The van der Waals surface area contributed by atoms with Crippen molar-refractivity contribution in [3.63, 3.8) is 0 Å². The average Bonchev–Trinajstić information content (AvgIpc) is 2.62. The van der Waals surface area contributed by atoms with Gasteiger partial charge in [-0.3, -0.25) is 0 Å². The van der Waals surface area contributed by atoms with Gasteiger partial charge in [-0.05, 0) is 36.8 Å². The molecule has 0 spiro atoms. The number of pyridine rings is 1. The van der Waals surface area contributed by atoms with Gasteiger partial charge in [0.15, 0.2) is 0 Å². The van der Waals surface area contributed by atoms with Crippen molar-refractivity contribution in [1.82, 2.24) is 4.98 Å². The quantitative estimate of drug-likeness (QED) is 0.637. The van der Waals surface area contributed by atoms with E-state index in [4.69, 9.17) is 0 Å². The Morgan fingerprint density at radius 2 is 1.72 bits per heavy atom. The number of aromatic nitrogens is 1. The van der Waals surface area contributed by atoms with Crippen molar-refractivity contribution in [2.45, 2.75) is 13.5 Å². The summed E-state index contributed by atoms with van der Waals surface area (Å²) in [7, 11) is 0. The largest absolute Gasteiger partial charge is 0.366 e. The van der Waals surface area contributed by atoms with E-state index in [1.807, 2.05) is 48.5 Å². The molecule has 3 rings (SSSR count). The summed E-state index contributed by atoms with van der Waals surface area (Å²) >= 11 is 0. The number of benzene rings is 2. The molecule has 5 nitrogen and oxygen atoms in total. The molecule has 126 valence electrons. The molecule has 0 aliphatic carbocycles. The lowest BCUT2D eigenvalue weighted by molar-refractivity contribution is 0.262. The first kappa shape index (κ1) is 16.5. The van der Waals surface area contributed by atoms with Crippen LogP contribution in [0.1, 0.15) is 11.1 Å². The van der Waals surface area contributed by atoms with Gasteiger partial charge in [-0.1, -0.05) is 48.0 Å².